The van der Waals surface area contributed by atoms with E-state index in [2.05, 4.69) is 32.1 Å². The highest BCUT2D eigenvalue weighted by Crippen LogP contribution is 2.34. The maximum Gasteiger partial charge on any atom is 0.305 e. The van der Waals surface area contributed by atoms with Gasteiger partial charge in [-0.15, -0.1) is 0 Å². The number of rotatable bonds is 2. The first-order valence-electron chi connectivity index (χ1n) is 6.14. The second-order valence-electron chi connectivity index (χ2n) is 4.21. The molecule has 1 aliphatic heterocycles. The van der Waals surface area contributed by atoms with E-state index < -0.39 is 5.91 Å². The van der Waals surface area contributed by atoms with Crippen molar-refractivity contribution in [1.82, 2.24) is 10.9 Å². The number of nitrogens with one attached hydrogen (secondary N) is 3. The Morgan fingerprint density at radius 1 is 1.14 bits per heavy atom. The molecule has 1 aromatic heterocycles. The zero-order chi connectivity index (χ0) is 15.5. The van der Waals surface area contributed by atoms with Crippen LogP contribution in [0.4, 0.5) is 5.69 Å². The fourth-order valence-corrected chi connectivity index (χ4v) is 2.22. The Balaban J connectivity index is 1.53. The van der Waals surface area contributed by atoms with Gasteiger partial charge in [-0.2, -0.15) is 0 Å². The Hall–Kier alpha value is -2.26. The number of hydrogen-bond donors (Lipinski definition) is 3. The molecule has 1 aromatic carbocycles. The molecular weight excluding hydrogens is 374 g/mol. The zero-order valence-electron chi connectivity index (χ0n) is 11.0. The summed E-state index contributed by atoms with van der Waals surface area (Å²) >= 11 is 8.21. The van der Waals surface area contributed by atoms with E-state index in [1.54, 1.807) is 24.3 Å². The normalized spacial score (nSPS) is 11.9. The number of carbonyl (C=O) groups excluding carboxylic acids is 1. The van der Waals surface area contributed by atoms with Gasteiger partial charge in [-0.3, -0.25) is 15.6 Å². The van der Waals surface area contributed by atoms with Gasteiger partial charge in [0.15, 0.2) is 27.0 Å². The van der Waals surface area contributed by atoms with Crippen molar-refractivity contribution < 1.29 is 18.7 Å². The number of benzene rings is 1. The van der Waals surface area contributed by atoms with Crippen molar-refractivity contribution in [3.05, 3.63) is 40.8 Å². The van der Waals surface area contributed by atoms with Gasteiger partial charge >= 0.3 is 5.91 Å². The predicted molar refractivity (Wildman–Crippen MR) is 85.8 cm³/mol. The number of hydrazine groups is 1. The summed E-state index contributed by atoms with van der Waals surface area (Å²) in [5.41, 5.74) is 5.71. The molecule has 0 unspecified atom stereocenters. The van der Waals surface area contributed by atoms with Crippen molar-refractivity contribution in [3.63, 3.8) is 0 Å². The fourth-order valence-electron chi connectivity index (χ4n) is 1.75. The lowest BCUT2D eigenvalue weighted by molar-refractivity contribution is 0.0915. The van der Waals surface area contributed by atoms with Crippen LogP contribution in [-0.4, -0.2) is 17.8 Å². The smallest absolute Gasteiger partial charge is 0.305 e. The van der Waals surface area contributed by atoms with E-state index in [1.165, 1.54) is 6.07 Å². The van der Waals surface area contributed by atoms with Gasteiger partial charge in [-0.1, -0.05) is 0 Å². The molecule has 0 spiro atoms. The number of amides is 1. The molecule has 9 heteroatoms. The molecule has 114 valence electrons. The molecule has 0 aliphatic carbocycles. The third-order valence-electron chi connectivity index (χ3n) is 2.72. The molecule has 2 aromatic rings. The fraction of sp³-hybridized carbons (Fsp3) is 0.0769. The SMILES string of the molecule is O=C(NNC(=S)Nc1ccc2c(c1)OCO2)c1ccc(Br)o1. The molecule has 2 heterocycles. The maximum atomic E-state index is 11.8. The summed E-state index contributed by atoms with van der Waals surface area (Å²) < 4.78 is 16.1. The molecule has 0 saturated heterocycles. The maximum absolute atomic E-state index is 11.8. The van der Waals surface area contributed by atoms with Gasteiger partial charge in [0.05, 0.1) is 0 Å². The molecule has 1 amide bonds. The summed E-state index contributed by atoms with van der Waals surface area (Å²) in [6, 6.07) is 8.47. The van der Waals surface area contributed by atoms with E-state index in [9.17, 15) is 4.79 Å². The summed E-state index contributed by atoms with van der Waals surface area (Å²) in [7, 11) is 0. The Kier molecular flexibility index (Phi) is 4.16. The summed E-state index contributed by atoms with van der Waals surface area (Å²) in [6.45, 7) is 0.205. The Bertz CT molecular complexity index is 734. The van der Waals surface area contributed by atoms with Gasteiger partial charge in [0, 0.05) is 11.8 Å². The van der Waals surface area contributed by atoms with Crippen LogP contribution in [-0.2, 0) is 0 Å². The minimum Gasteiger partial charge on any atom is -0.454 e. The van der Waals surface area contributed by atoms with Crippen molar-refractivity contribution in [2.45, 2.75) is 0 Å². The highest BCUT2D eigenvalue weighted by Gasteiger charge is 2.14. The van der Waals surface area contributed by atoms with Crippen molar-refractivity contribution >= 4 is 44.9 Å². The van der Waals surface area contributed by atoms with Crippen LogP contribution in [0.5, 0.6) is 11.5 Å². The molecule has 3 N–H and O–H groups in total. The van der Waals surface area contributed by atoms with Gasteiger partial charge in [0.25, 0.3) is 0 Å². The Morgan fingerprint density at radius 2 is 1.95 bits per heavy atom. The van der Waals surface area contributed by atoms with Crippen LogP contribution in [0, 0.1) is 0 Å². The number of ether oxygens (including phenoxy) is 2. The van der Waals surface area contributed by atoms with E-state index in [0.717, 1.165) is 0 Å². The molecular formula is C13H10BrN3O4S. The van der Waals surface area contributed by atoms with Gasteiger partial charge in [-0.25, -0.2) is 0 Å². The molecule has 0 fully saturated rings. The number of thiocarbonyl (C=S) groups is 1. The van der Waals surface area contributed by atoms with Crippen molar-refractivity contribution in [3.8, 4) is 11.5 Å². The molecule has 0 radical (unpaired) electrons. The summed E-state index contributed by atoms with van der Waals surface area (Å²) in [4.78, 5) is 11.8. The molecule has 0 saturated carbocycles. The van der Waals surface area contributed by atoms with Crippen molar-refractivity contribution in [1.29, 1.82) is 0 Å². The summed E-state index contributed by atoms with van der Waals surface area (Å²) in [6.07, 6.45) is 0. The number of halogens is 1. The third kappa shape index (κ3) is 3.31. The van der Waals surface area contributed by atoms with E-state index >= 15 is 0 Å². The van der Waals surface area contributed by atoms with Gasteiger partial charge < -0.3 is 19.2 Å². The topological polar surface area (TPSA) is 84.8 Å². The quantitative estimate of drug-likeness (QED) is 0.542. The molecule has 0 atom stereocenters. The highest BCUT2D eigenvalue weighted by molar-refractivity contribution is 9.10. The summed E-state index contributed by atoms with van der Waals surface area (Å²) in [5.74, 6) is 1.03. The van der Waals surface area contributed by atoms with Gasteiger partial charge in [0.1, 0.15) is 0 Å². The van der Waals surface area contributed by atoms with E-state index in [1.807, 2.05) is 0 Å². The number of hydrogen-bond acceptors (Lipinski definition) is 5. The first-order valence-corrected chi connectivity index (χ1v) is 7.34. The van der Waals surface area contributed by atoms with Crippen LogP contribution in [0.1, 0.15) is 10.6 Å². The second kappa shape index (κ2) is 6.24. The average Bonchev–Trinajstić information content (AvgIpc) is 3.13. The van der Waals surface area contributed by atoms with Gasteiger partial charge in [-0.05, 0) is 52.4 Å². The molecule has 22 heavy (non-hydrogen) atoms. The number of furan rings is 1. The molecule has 7 nitrogen and oxygen atoms in total. The first kappa shape index (κ1) is 14.7. The Morgan fingerprint density at radius 3 is 2.73 bits per heavy atom. The first-order chi connectivity index (χ1) is 10.6. The lowest BCUT2D eigenvalue weighted by Crippen LogP contribution is -2.43. The van der Waals surface area contributed by atoms with Crippen LogP contribution in [0.3, 0.4) is 0 Å². The minimum absolute atomic E-state index is 0.158. The predicted octanol–water partition coefficient (Wildman–Crippen LogP) is 2.40. The molecule has 0 bridgehead atoms. The van der Waals surface area contributed by atoms with Crippen LogP contribution < -0.4 is 25.6 Å². The van der Waals surface area contributed by atoms with Crippen LogP contribution in [0.15, 0.2) is 39.4 Å². The van der Waals surface area contributed by atoms with E-state index in [4.69, 9.17) is 26.1 Å². The summed E-state index contributed by atoms with van der Waals surface area (Å²) in [5, 5.41) is 3.13. The lowest BCUT2D eigenvalue weighted by Gasteiger charge is -2.11. The van der Waals surface area contributed by atoms with Crippen LogP contribution in [0.25, 0.3) is 0 Å². The third-order valence-corrected chi connectivity index (χ3v) is 3.35. The largest absolute Gasteiger partial charge is 0.454 e. The standard InChI is InChI=1S/C13H10BrN3O4S/c14-11-4-3-9(21-11)12(18)16-17-13(22)15-7-1-2-8-10(5-7)20-6-19-8/h1-5H,6H2,(H,16,18)(H2,15,17,22). The minimum atomic E-state index is -0.444. The lowest BCUT2D eigenvalue weighted by atomic mass is 10.3. The number of fused-ring (bicyclic) bond motifs is 1. The van der Waals surface area contributed by atoms with Crippen LogP contribution in [0.2, 0.25) is 0 Å². The van der Waals surface area contributed by atoms with E-state index in [-0.39, 0.29) is 17.7 Å². The monoisotopic (exact) mass is 383 g/mol. The van der Waals surface area contributed by atoms with Crippen LogP contribution >= 0.6 is 28.1 Å². The van der Waals surface area contributed by atoms with Crippen molar-refractivity contribution in [2.75, 3.05) is 12.1 Å². The second-order valence-corrected chi connectivity index (χ2v) is 5.39. The highest BCUT2D eigenvalue weighted by atomic mass is 79.9. The molecule has 1 aliphatic rings. The van der Waals surface area contributed by atoms with E-state index in [0.29, 0.717) is 21.9 Å². The number of anilines is 1. The van der Waals surface area contributed by atoms with Crippen molar-refractivity contribution in [2.24, 2.45) is 0 Å². The Labute approximate surface area is 139 Å². The molecule has 3 rings (SSSR count). The van der Waals surface area contributed by atoms with Gasteiger partial charge in [0.2, 0.25) is 6.79 Å². The number of carbonyl (C=O) groups is 1. The zero-order valence-corrected chi connectivity index (χ0v) is 13.4. The average molecular weight is 384 g/mol.